The van der Waals surface area contributed by atoms with Crippen molar-refractivity contribution in [3.05, 3.63) is 35.9 Å². The average molecular weight is 326 g/mol. The Bertz CT molecular complexity index is 441. The first-order chi connectivity index (χ1) is 10.2. The van der Waals surface area contributed by atoms with Gasteiger partial charge in [-0.2, -0.15) is 0 Å². The number of hydrogen-bond donors (Lipinski definition) is 1. The van der Waals surface area contributed by atoms with Crippen LogP contribution in [0, 0.1) is 0 Å². The molecule has 1 aromatic carbocycles. The molecule has 124 valence electrons. The van der Waals surface area contributed by atoms with E-state index in [-0.39, 0.29) is 18.3 Å². The summed E-state index contributed by atoms with van der Waals surface area (Å²) in [5.41, 5.74) is 1.36. The van der Waals surface area contributed by atoms with Gasteiger partial charge in [-0.3, -0.25) is 9.69 Å². The summed E-state index contributed by atoms with van der Waals surface area (Å²) < 4.78 is 0. The molecule has 1 unspecified atom stereocenters. The van der Waals surface area contributed by atoms with E-state index in [1.807, 2.05) is 11.9 Å². The van der Waals surface area contributed by atoms with Gasteiger partial charge in [0.25, 0.3) is 0 Å². The van der Waals surface area contributed by atoms with E-state index in [0.717, 1.165) is 39.0 Å². The third kappa shape index (κ3) is 5.27. The summed E-state index contributed by atoms with van der Waals surface area (Å²) in [7, 11) is 1.83. The van der Waals surface area contributed by atoms with Gasteiger partial charge in [-0.25, -0.2) is 0 Å². The van der Waals surface area contributed by atoms with Crippen molar-refractivity contribution >= 4 is 18.3 Å². The lowest BCUT2D eigenvalue weighted by atomic mass is 10.0. The summed E-state index contributed by atoms with van der Waals surface area (Å²) in [6, 6.07) is 11.1. The smallest absolute Gasteiger partial charge is 0.236 e. The van der Waals surface area contributed by atoms with E-state index in [2.05, 4.69) is 47.5 Å². The van der Waals surface area contributed by atoms with Crippen molar-refractivity contribution in [2.75, 3.05) is 33.2 Å². The summed E-state index contributed by atoms with van der Waals surface area (Å²) in [6.45, 7) is 6.32. The summed E-state index contributed by atoms with van der Waals surface area (Å²) in [5, 5.41) is 2.96. The molecule has 1 saturated heterocycles. The van der Waals surface area contributed by atoms with Crippen molar-refractivity contribution in [3.63, 3.8) is 0 Å². The second-order valence-electron chi connectivity index (χ2n) is 5.77. The average Bonchev–Trinajstić information content (AvgIpc) is 2.50. The van der Waals surface area contributed by atoms with Crippen LogP contribution in [-0.2, 0) is 11.3 Å². The van der Waals surface area contributed by atoms with Gasteiger partial charge in [0, 0.05) is 32.2 Å². The van der Waals surface area contributed by atoms with Gasteiger partial charge in [-0.1, -0.05) is 43.7 Å². The highest BCUT2D eigenvalue weighted by molar-refractivity contribution is 5.85. The highest BCUT2D eigenvalue weighted by Crippen LogP contribution is 2.17. The Morgan fingerprint density at radius 1 is 1.27 bits per heavy atom. The van der Waals surface area contributed by atoms with E-state index >= 15 is 0 Å². The molecule has 1 aliphatic rings. The number of hydrogen-bond acceptors (Lipinski definition) is 3. The van der Waals surface area contributed by atoms with Gasteiger partial charge in [0.1, 0.15) is 0 Å². The van der Waals surface area contributed by atoms with Crippen LogP contribution >= 0.6 is 12.4 Å². The minimum atomic E-state index is 0. The van der Waals surface area contributed by atoms with Gasteiger partial charge in [0.15, 0.2) is 0 Å². The molecule has 1 N–H and O–H groups in total. The second kappa shape index (κ2) is 9.82. The SMILES string of the molecule is CCCC1CN(C(=O)CNC)CCN1Cc1ccccc1.Cl. The van der Waals surface area contributed by atoms with Crippen LogP contribution in [-0.4, -0.2) is 55.0 Å². The molecule has 0 spiro atoms. The number of halogens is 1. The number of benzene rings is 1. The molecule has 1 fully saturated rings. The van der Waals surface area contributed by atoms with Crippen LogP contribution in [0.15, 0.2) is 30.3 Å². The van der Waals surface area contributed by atoms with Crippen LogP contribution in [0.2, 0.25) is 0 Å². The van der Waals surface area contributed by atoms with E-state index in [1.165, 1.54) is 5.56 Å². The van der Waals surface area contributed by atoms with Crippen LogP contribution in [0.5, 0.6) is 0 Å². The maximum absolute atomic E-state index is 12.1. The molecular formula is C17H28ClN3O. The number of carbonyl (C=O) groups is 1. The van der Waals surface area contributed by atoms with Gasteiger partial charge < -0.3 is 10.2 Å². The second-order valence-corrected chi connectivity index (χ2v) is 5.77. The van der Waals surface area contributed by atoms with Gasteiger partial charge in [0.05, 0.1) is 6.54 Å². The molecule has 22 heavy (non-hydrogen) atoms. The number of amides is 1. The molecule has 5 heteroatoms. The molecule has 1 aromatic rings. The minimum absolute atomic E-state index is 0. The Kier molecular flexibility index (Phi) is 8.46. The van der Waals surface area contributed by atoms with Crippen molar-refractivity contribution in [1.82, 2.24) is 15.1 Å². The van der Waals surface area contributed by atoms with Crippen molar-refractivity contribution in [1.29, 1.82) is 0 Å². The number of likely N-dealkylation sites (N-methyl/N-ethyl adjacent to an activating group) is 1. The van der Waals surface area contributed by atoms with E-state index < -0.39 is 0 Å². The van der Waals surface area contributed by atoms with Crippen LogP contribution in [0.3, 0.4) is 0 Å². The topological polar surface area (TPSA) is 35.6 Å². The maximum Gasteiger partial charge on any atom is 0.236 e. The third-order valence-electron chi connectivity index (χ3n) is 4.14. The fourth-order valence-corrected chi connectivity index (χ4v) is 3.02. The van der Waals surface area contributed by atoms with Gasteiger partial charge in [0.2, 0.25) is 5.91 Å². The van der Waals surface area contributed by atoms with E-state index in [0.29, 0.717) is 12.6 Å². The molecule has 2 rings (SSSR count). The predicted molar refractivity (Wildman–Crippen MR) is 93.3 cm³/mol. The van der Waals surface area contributed by atoms with E-state index in [4.69, 9.17) is 0 Å². The normalized spacial score (nSPS) is 18.8. The molecule has 1 heterocycles. The van der Waals surface area contributed by atoms with E-state index in [1.54, 1.807) is 0 Å². The number of rotatable bonds is 6. The zero-order chi connectivity index (χ0) is 15.1. The lowest BCUT2D eigenvalue weighted by Crippen LogP contribution is -2.55. The van der Waals surface area contributed by atoms with Crippen LogP contribution in [0.4, 0.5) is 0 Å². The fourth-order valence-electron chi connectivity index (χ4n) is 3.02. The summed E-state index contributed by atoms with van der Waals surface area (Å²) in [4.78, 5) is 16.6. The summed E-state index contributed by atoms with van der Waals surface area (Å²) >= 11 is 0. The summed E-state index contributed by atoms with van der Waals surface area (Å²) in [5.74, 6) is 0.220. The van der Waals surface area contributed by atoms with E-state index in [9.17, 15) is 4.79 Å². The Hall–Kier alpha value is -1.10. The molecule has 1 atom stereocenters. The van der Waals surface area contributed by atoms with Crippen molar-refractivity contribution in [3.8, 4) is 0 Å². The Morgan fingerprint density at radius 2 is 2.00 bits per heavy atom. The highest BCUT2D eigenvalue weighted by atomic mass is 35.5. The number of nitrogens with one attached hydrogen (secondary N) is 1. The quantitative estimate of drug-likeness (QED) is 0.870. The van der Waals surface area contributed by atoms with Crippen molar-refractivity contribution in [2.45, 2.75) is 32.4 Å². The largest absolute Gasteiger partial charge is 0.339 e. The Labute approximate surface area is 140 Å². The van der Waals surface area contributed by atoms with Crippen LogP contribution in [0.1, 0.15) is 25.3 Å². The molecular weight excluding hydrogens is 298 g/mol. The van der Waals surface area contributed by atoms with Crippen molar-refractivity contribution in [2.24, 2.45) is 0 Å². The Balaban J connectivity index is 0.00000242. The molecule has 0 bridgehead atoms. The highest BCUT2D eigenvalue weighted by Gasteiger charge is 2.28. The first kappa shape index (κ1) is 18.9. The number of piperazine rings is 1. The monoisotopic (exact) mass is 325 g/mol. The summed E-state index contributed by atoms with van der Waals surface area (Å²) in [6.07, 6.45) is 2.31. The maximum atomic E-state index is 12.1. The Morgan fingerprint density at radius 3 is 2.64 bits per heavy atom. The van der Waals surface area contributed by atoms with Crippen LogP contribution < -0.4 is 5.32 Å². The third-order valence-corrected chi connectivity index (χ3v) is 4.14. The molecule has 0 aliphatic carbocycles. The standard InChI is InChI=1S/C17H27N3O.ClH/c1-3-7-16-14-20(17(21)12-18-2)11-10-19(16)13-15-8-5-4-6-9-15;/h4-6,8-9,16,18H,3,7,10-14H2,1-2H3;1H. The molecule has 4 nitrogen and oxygen atoms in total. The minimum Gasteiger partial charge on any atom is -0.339 e. The van der Waals surface area contributed by atoms with Crippen LogP contribution in [0.25, 0.3) is 0 Å². The molecule has 0 aromatic heterocycles. The van der Waals surface area contributed by atoms with Crippen molar-refractivity contribution < 1.29 is 4.79 Å². The first-order valence-electron chi connectivity index (χ1n) is 7.95. The molecule has 0 saturated carbocycles. The zero-order valence-electron chi connectivity index (χ0n) is 13.6. The van der Waals surface area contributed by atoms with Gasteiger partial charge in [-0.15, -0.1) is 12.4 Å². The first-order valence-corrected chi connectivity index (χ1v) is 7.95. The molecule has 1 aliphatic heterocycles. The molecule has 1 amide bonds. The number of carbonyl (C=O) groups excluding carboxylic acids is 1. The predicted octanol–water partition coefficient (Wildman–Crippen LogP) is 2.14. The van der Waals surface area contributed by atoms with Gasteiger partial charge in [-0.05, 0) is 19.0 Å². The zero-order valence-corrected chi connectivity index (χ0v) is 14.4. The lowest BCUT2D eigenvalue weighted by molar-refractivity contribution is -0.133. The van der Waals surface area contributed by atoms with Gasteiger partial charge >= 0.3 is 0 Å². The number of nitrogens with zero attached hydrogens (tertiary/aromatic N) is 2. The lowest BCUT2D eigenvalue weighted by Gasteiger charge is -2.41. The molecule has 0 radical (unpaired) electrons. The fraction of sp³-hybridized carbons (Fsp3) is 0.588.